The first-order valence-corrected chi connectivity index (χ1v) is 9.08. The zero-order valence-corrected chi connectivity index (χ0v) is 15.1. The molecule has 1 amide bonds. The summed E-state index contributed by atoms with van der Waals surface area (Å²) in [4.78, 5) is 13.2. The number of benzene rings is 1. The third-order valence-corrected chi connectivity index (χ3v) is 6.96. The Morgan fingerprint density at radius 1 is 1.29 bits per heavy atom. The number of hydrogen-bond donors (Lipinski definition) is 2. The largest absolute Gasteiger partial charge is 0.352 e. The van der Waals surface area contributed by atoms with Gasteiger partial charge in [-0.3, -0.25) is 4.79 Å². The highest BCUT2D eigenvalue weighted by Gasteiger charge is 2.19. The smallest absolute Gasteiger partial charge is 0.251 e. The van der Waals surface area contributed by atoms with Gasteiger partial charge >= 0.3 is 0 Å². The highest BCUT2D eigenvalue weighted by atomic mass is 79.9. The third kappa shape index (κ3) is 3.08. The van der Waals surface area contributed by atoms with E-state index in [4.69, 9.17) is 5.73 Å². The van der Waals surface area contributed by atoms with Crippen LogP contribution in [0.3, 0.4) is 0 Å². The first kappa shape index (κ1) is 15.2. The summed E-state index contributed by atoms with van der Waals surface area (Å²) in [6, 6.07) is 7.79. The Morgan fingerprint density at radius 3 is 2.81 bits per heavy atom. The van der Waals surface area contributed by atoms with Crippen LogP contribution in [-0.2, 0) is 6.42 Å². The van der Waals surface area contributed by atoms with Crippen LogP contribution in [0.15, 0.2) is 32.5 Å². The van der Waals surface area contributed by atoms with E-state index < -0.39 is 0 Å². The molecule has 3 nitrogen and oxygen atoms in total. The van der Waals surface area contributed by atoms with Crippen molar-refractivity contribution in [2.45, 2.75) is 18.9 Å². The lowest BCUT2D eigenvalue weighted by molar-refractivity contribution is 0.0956. The highest BCUT2D eigenvalue weighted by molar-refractivity contribution is 9.13. The van der Waals surface area contributed by atoms with Gasteiger partial charge in [-0.05, 0) is 68.0 Å². The van der Waals surface area contributed by atoms with Crippen molar-refractivity contribution in [2.24, 2.45) is 5.73 Å². The molecule has 3 rings (SSSR count). The van der Waals surface area contributed by atoms with Crippen molar-refractivity contribution < 1.29 is 4.79 Å². The SMILES string of the molecule is NC(c1ccc2c(c1)C(=O)NCCC2)c1cc(Br)c(Br)s1. The molecule has 6 heteroatoms. The van der Waals surface area contributed by atoms with E-state index in [9.17, 15) is 4.79 Å². The summed E-state index contributed by atoms with van der Waals surface area (Å²) in [5.74, 6) is 0.00471. The molecule has 0 bridgehead atoms. The number of halogens is 2. The molecule has 2 heterocycles. The van der Waals surface area contributed by atoms with Gasteiger partial charge in [-0.1, -0.05) is 12.1 Å². The average molecular weight is 430 g/mol. The van der Waals surface area contributed by atoms with E-state index in [-0.39, 0.29) is 11.9 Å². The van der Waals surface area contributed by atoms with Crippen molar-refractivity contribution in [3.8, 4) is 0 Å². The molecule has 0 radical (unpaired) electrons. The van der Waals surface area contributed by atoms with Gasteiger partial charge in [0.15, 0.2) is 0 Å². The maximum atomic E-state index is 12.1. The van der Waals surface area contributed by atoms with Gasteiger partial charge in [0.05, 0.1) is 9.83 Å². The van der Waals surface area contributed by atoms with Crippen molar-refractivity contribution in [3.63, 3.8) is 0 Å². The molecule has 110 valence electrons. The van der Waals surface area contributed by atoms with E-state index in [2.05, 4.69) is 37.2 Å². The van der Waals surface area contributed by atoms with Crippen LogP contribution in [-0.4, -0.2) is 12.5 Å². The number of hydrogen-bond acceptors (Lipinski definition) is 3. The van der Waals surface area contributed by atoms with Gasteiger partial charge in [0.1, 0.15) is 0 Å². The van der Waals surface area contributed by atoms with Crippen LogP contribution in [0.5, 0.6) is 0 Å². The quantitative estimate of drug-likeness (QED) is 0.757. The molecule has 21 heavy (non-hydrogen) atoms. The molecule has 1 aromatic carbocycles. The predicted octanol–water partition coefficient (Wildman–Crippen LogP) is 4.00. The summed E-state index contributed by atoms with van der Waals surface area (Å²) in [5, 5.41) is 2.93. The van der Waals surface area contributed by atoms with Gasteiger partial charge in [0.25, 0.3) is 5.91 Å². The van der Waals surface area contributed by atoms with Crippen LogP contribution in [0.1, 0.15) is 38.8 Å². The molecule has 0 saturated carbocycles. The van der Waals surface area contributed by atoms with E-state index in [1.54, 1.807) is 11.3 Å². The number of carbonyl (C=O) groups is 1. The van der Waals surface area contributed by atoms with Crippen molar-refractivity contribution in [3.05, 3.63) is 54.1 Å². The molecule has 0 spiro atoms. The van der Waals surface area contributed by atoms with E-state index in [1.165, 1.54) is 0 Å². The molecule has 2 aromatic rings. The number of rotatable bonds is 2. The van der Waals surface area contributed by atoms with E-state index in [1.807, 2.05) is 24.3 Å². The highest BCUT2D eigenvalue weighted by Crippen LogP contribution is 2.37. The number of carbonyl (C=O) groups excluding carboxylic acids is 1. The number of thiophene rings is 1. The van der Waals surface area contributed by atoms with Crippen molar-refractivity contribution in [2.75, 3.05) is 6.54 Å². The predicted molar refractivity (Wildman–Crippen MR) is 92.8 cm³/mol. The number of nitrogens with one attached hydrogen (secondary N) is 1. The lowest BCUT2D eigenvalue weighted by atomic mass is 9.97. The summed E-state index contributed by atoms with van der Waals surface area (Å²) in [6.45, 7) is 0.736. The maximum absolute atomic E-state index is 12.1. The Bertz CT molecular complexity index is 679. The lowest BCUT2D eigenvalue weighted by Crippen LogP contribution is -2.23. The second-order valence-corrected chi connectivity index (χ2v) is 8.28. The van der Waals surface area contributed by atoms with Gasteiger partial charge in [-0.2, -0.15) is 0 Å². The fourth-order valence-corrected chi connectivity index (χ4v) is 4.59. The van der Waals surface area contributed by atoms with Gasteiger partial charge in [-0.15, -0.1) is 11.3 Å². The van der Waals surface area contributed by atoms with Crippen LogP contribution >= 0.6 is 43.2 Å². The topological polar surface area (TPSA) is 55.1 Å². The van der Waals surface area contributed by atoms with Crippen LogP contribution in [0.4, 0.5) is 0 Å². The van der Waals surface area contributed by atoms with Gasteiger partial charge in [-0.25, -0.2) is 0 Å². The fourth-order valence-electron chi connectivity index (χ4n) is 2.47. The minimum Gasteiger partial charge on any atom is -0.352 e. The first-order valence-electron chi connectivity index (χ1n) is 6.67. The van der Waals surface area contributed by atoms with E-state index in [0.29, 0.717) is 0 Å². The van der Waals surface area contributed by atoms with Crippen LogP contribution in [0, 0.1) is 0 Å². The number of aryl methyl sites for hydroxylation is 1. The maximum Gasteiger partial charge on any atom is 0.251 e. The lowest BCUT2D eigenvalue weighted by Gasteiger charge is -2.13. The van der Waals surface area contributed by atoms with Gasteiger partial charge < -0.3 is 11.1 Å². The standard InChI is InChI=1S/C15H14Br2N2OS/c16-11-7-12(21-14(11)17)13(18)9-4-3-8-2-1-5-19-15(20)10(8)6-9/h3-4,6-7,13H,1-2,5,18H2,(H,19,20). The number of nitrogens with two attached hydrogens (primary N) is 1. The molecular weight excluding hydrogens is 416 g/mol. The molecule has 3 N–H and O–H groups in total. The van der Waals surface area contributed by atoms with Crippen molar-refractivity contribution >= 4 is 49.1 Å². The second kappa shape index (κ2) is 6.20. The fraction of sp³-hybridized carbons (Fsp3) is 0.267. The first-order chi connectivity index (χ1) is 10.1. The van der Waals surface area contributed by atoms with Crippen LogP contribution < -0.4 is 11.1 Å². The molecule has 1 atom stereocenters. The summed E-state index contributed by atoms with van der Waals surface area (Å²) in [6.07, 6.45) is 1.91. The molecule has 1 unspecified atom stereocenters. The summed E-state index contributed by atoms with van der Waals surface area (Å²) in [5.41, 5.74) is 9.18. The normalized spacial score (nSPS) is 16.0. The third-order valence-electron chi connectivity index (χ3n) is 3.62. The summed E-state index contributed by atoms with van der Waals surface area (Å²) < 4.78 is 2.03. The monoisotopic (exact) mass is 428 g/mol. The zero-order valence-electron chi connectivity index (χ0n) is 11.2. The molecule has 1 aliphatic heterocycles. The average Bonchev–Trinajstić information content (AvgIpc) is 2.70. The Kier molecular flexibility index (Phi) is 4.49. The summed E-state index contributed by atoms with van der Waals surface area (Å²) >= 11 is 8.57. The number of amides is 1. The Morgan fingerprint density at radius 2 is 2.10 bits per heavy atom. The van der Waals surface area contributed by atoms with E-state index >= 15 is 0 Å². The summed E-state index contributed by atoms with van der Waals surface area (Å²) in [7, 11) is 0. The molecule has 0 saturated heterocycles. The minimum atomic E-state index is -0.223. The Labute approximate surface area is 144 Å². The Balaban J connectivity index is 1.97. The Hall–Kier alpha value is -0.690. The molecule has 0 aliphatic carbocycles. The van der Waals surface area contributed by atoms with E-state index in [0.717, 1.165) is 49.2 Å². The van der Waals surface area contributed by atoms with Crippen molar-refractivity contribution in [1.29, 1.82) is 0 Å². The molecule has 1 aromatic heterocycles. The second-order valence-electron chi connectivity index (χ2n) is 5.02. The molecule has 1 aliphatic rings. The zero-order chi connectivity index (χ0) is 15.0. The van der Waals surface area contributed by atoms with Crippen LogP contribution in [0.25, 0.3) is 0 Å². The van der Waals surface area contributed by atoms with Gasteiger partial charge in [0, 0.05) is 21.5 Å². The minimum absolute atomic E-state index is 0.00471. The molecule has 0 fully saturated rings. The van der Waals surface area contributed by atoms with Crippen LogP contribution in [0.2, 0.25) is 0 Å². The number of fused-ring (bicyclic) bond motifs is 1. The van der Waals surface area contributed by atoms with Gasteiger partial charge in [0.2, 0.25) is 0 Å². The molecular formula is C15H14Br2N2OS. The van der Waals surface area contributed by atoms with Crippen molar-refractivity contribution in [1.82, 2.24) is 5.32 Å².